The Hall–Kier alpha value is -3.07. The number of aromatic nitrogens is 4. The minimum Gasteiger partial charge on any atom is -0.300 e. The smallest absolute Gasteiger partial charge is 0.300 e. The van der Waals surface area contributed by atoms with Crippen molar-refractivity contribution in [2.24, 2.45) is 11.8 Å². The average Bonchev–Trinajstić information content (AvgIpc) is 2.90. The van der Waals surface area contributed by atoms with E-state index in [0.29, 0.717) is 23.6 Å². The molecule has 206 valence electrons. The monoisotopic (exact) mass is 533 g/mol. The first-order valence-corrected chi connectivity index (χ1v) is 14.8. The molecule has 3 aromatic rings. The number of para-hydroxylation sites is 2. The third kappa shape index (κ3) is 4.29. The van der Waals surface area contributed by atoms with Gasteiger partial charge in [-0.25, -0.2) is 14.3 Å². The van der Waals surface area contributed by atoms with Crippen molar-refractivity contribution >= 4 is 11.0 Å². The van der Waals surface area contributed by atoms with Crippen LogP contribution in [0.5, 0.6) is 0 Å². The second-order valence-electron chi connectivity index (χ2n) is 12.3. The molecular formula is C30H36FN5O3. The lowest BCUT2D eigenvalue weighted by atomic mass is 9.69. The van der Waals surface area contributed by atoms with Crippen molar-refractivity contribution in [3.8, 4) is 5.82 Å². The minimum absolute atomic E-state index is 0.0373. The van der Waals surface area contributed by atoms with Crippen LogP contribution in [0.2, 0.25) is 0 Å². The van der Waals surface area contributed by atoms with Gasteiger partial charge in [0.1, 0.15) is 0 Å². The van der Waals surface area contributed by atoms with Crippen molar-refractivity contribution in [3.63, 3.8) is 0 Å². The van der Waals surface area contributed by atoms with Crippen LogP contribution in [0.3, 0.4) is 0 Å². The molecule has 5 fully saturated rings. The minimum atomic E-state index is -1.13. The van der Waals surface area contributed by atoms with Crippen molar-refractivity contribution in [2.45, 2.75) is 101 Å². The van der Waals surface area contributed by atoms with Gasteiger partial charge in [-0.3, -0.25) is 19.5 Å². The fourth-order valence-electron chi connectivity index (χ4n) is 8.50. The maximum atomic E-state index is 14.2. The number of benzene rings is 1. The predicted octanol–water partition coefficient (Wildman–Crippen LogP) is 4.29. The first kappa shape index (κ1) is 24.9. The van der Waals surface area contributed by atoms with E-state index in [9.17, 15) is 18.8 Å². The molecule has 3 saturated carbocycles. The van der Waals surface area contributed by atoms with E-state index in [1.807, 2.05) is 29.2 Å². The number of nitrogens with one attached hydrogen (secondary N) is 1. The van der Waals surface area contributed by atoms with Crippen LogP contribution in [0.15, 0.2) is 44.8 Å². The molecule has 2 saturated heterocycles. The molecule has 1 unspecified atom stereocenters. The van der Waals surface area contributed by atoms with Crippen LogP contribution in [0.25, 0.3) is 16.9 Å². The molecule has 1 aromatic carbocycles. The fraction of sp³-hybridized carbons (Fsp3) is 0.600. The third-order valence-electron chi connectivity index (χ3n) is 10.2. The van der Waals surface area contributed by atoms with E-state index in [1.165, 1.54) is 51.4 Å². The highest BCUT2D eigenvalue weighted by atomic mass is 19.1. The lowest BCUT2D eigenvalue weighted by Gasteiger charge is -2.56. The summed E-state index contributed by atoms with van der Waals surface area (Å²) in [5, 5.41) is 0. The van der Waals surface area contributed by atoms with Crippen LogP contribution in [0.4, 0.5) is 4.39 Å². The molecule has 0 spiro atoms. The van der Waals surface area contributed by atoms with Gasteiger partial charge in [0.25, 0.3) is 11.1 Å². The first-order chi connectivity index (χ1) is 19.0. The molecule has 4 heterocycles. The van der Waals surface area contributed by atoms with Crippen molar-refractivity contribution in [1.82, 2.24) is 24.0 Å². The number of rotatable bonds is 3. The van der Waals surface area contributed by atoms with Gasteiger partial charge in [-0.1, -0.05) is 44.2 Å². The lowest BCUT2D eigenvalue weighted by Crippen LogP contribution is -2.60. The number of halogens is 1. The van der Waals surface area contributed by atoms with E-state index in [2.05, 4.69) is 9.88 Å². The summed E-state index contributed by atoms with van der Waals surface area (Å²) >= 11 is 0. The Kier molecular flexibility index (Phi) is 6.29. The van der Waals surface area contributed by atoms with E-state index in [4.69, 9.17) is 0 Å². The van der Waals surface area contributed by atoms with E-state index in [0.717, 1.165) is 53.8 Å². The summed E-state index contributed by atoms with van der Waals surface area (Å²) in [6.07, 6.45) is 15.6. The van der Waals surface area contributed by atoms with Crippen LogP contribution in [0, 0.1) is 17.7 Å². The zero-order valence-corrected chi connectivity index (χ0v) is 22.2. The van der Waals surface area contributed by atoms with Gasteiger partial charge in [0.05, 0.1) is 17.2 Å². The molecule has 8 rings (SSSR count). The second-order valence-corrected chi connectivity index (χ2v) is 12.3. The molecule has 1 N–H and O–H groups in total. The average molecular weight is 534 g/mol. The number of piperidine rings is 2. The summed E-state index contributed by atoms with van der Waals surface area (Å²) in [6.45, 7) is 0. The highest BCUT2D eigenvalue weighted by Gasteiger charge is 2.46. The van der Waals surface area contributed by atoms with Crippen LogP contribution < -0.4 is 16.8 Å². The van der Waals surface area contributed by atoms with Gasteiger partial charge in [0, 0.05) is 24.2 Å². The van der Waals surface area contributed by atoms with Crippen LogP contribution in [0.1, 0.15) is 83.1 Å². The Morgan fingerprint density at radius 3 is 2.44 bits per heavy atom. The van der Waals surface area contributed by atoms with Crippen LogP contribution in [-0.2, 0) is 0 Å². The van der Waals surface area contributed by atoms with E-state index < -0.39 is 22.6 Å². The van der Waals surface area contributed by atoms with Crippen LogP contribution >= 0.6 is 0 Å². The van der Waals surface area contributed by atoms with Crippen molar-refractivity contribution < 1.29 is 4.39 Å². The molecule has 4 bridgehead atoms. The van der Waals surface area contributed by atoms with E-state index in [1.54, 1.807) is 4.57 Å². The fourth-order valence-corrected chi connectivity index (χ4v) is 8.50. The summed E-state index contributed by atoms with van der Waals surface area (Å²) in [6, 6.07) is 8.93. The molecule has 9 heteroatoms. The number of nitrogens with zero attached hydrogens (tertiary/aromatic N) is 4. The Balaban J connectivity index is 1.29. The topological polar surface area (TPSA) is 93.0 Å². The summed E-state index contributed by atoms with van der Waals surface area (Å²) in [5.74, 6) is 0.334. The van der Waals surface area contributed by atoms with Crippen LogP contribution in [-0.4, -0.2) is 42.1 Å². The Morgan fingerprint density at radius 2 is 1.62 bits per heavy atom. The quantitative estimate of drug-likeness (QED) is 0.542. The molecule has 5 aliphatic rings. The maximum absolute atomic E-state index is 14.2. The predicted molar refractivity (Wildman–Crippen MR) is 147 cm³/mol. The van der Waals surface area contributed by atoms with Gasteiger partial charge < -0.3 is 4.57 Å². The molecule has 3 aliphatic carbocycles. The van der Waals surface area contributed by atoms with Gasteiger partial charge in [-0.15, -0.1) is 0 Å². The maximum Gasteiger partial charge on any atom is 0.334 e. The highest BCUT2D eigenvalue weighted by molar-refractivity contribution is 5.75. The normalized spacial score (nSPS) is 31.2. The summed E-state index contributed by atoms with van der Waals surface area (Å²) < 4.78 is 16.8. The number of hydrogen-bond donors (Lipinski definition) is 1. The number of H-pyrrole nitrogens is 1. The molecular weight excluding hydrogens is 497 g/mol. The van der Waals surface area contributed by atoms with Gasteiger partial charge in [-0.2, -0.15) is 4.39 Å². The summed E-state index contributed by atoms with van der Waals surface area (Å²) in [7, 11) is 0. The molecule has 2 aliphatic heterocycles. The molecule has 0 amide bonds. The Bertz CT molecular complexity index is 1560. The number of aromatic amines is 1. The largest absolute Gasteiger partial charge is 0.334 e. The van der Waals surface area contributed by atoms with Gasteiger partial charge in [0.2, 0.25) is 11.6 Å². The summed E-state index contributed by atoms with van der Waals surface area (Å²) in [5.41, 5.74) is -1.12. The molecule has 6 atom stereocenters. The Morgan fingerprint density at radius 1 is 0.846 bits per heavy atom. The molecule has 39 heavy (non-hydrogen) atoms. The molecule has 2 aromatic heterocycles. The third-order valence-corrected chi connectivity index (χ3v) is 10.2. The van der Waals surface area contributed by atoms with Gasteiger partial charge >= 0.3 is 5.69 Å². The van der Waals surface area contributed by atoms with E-state index in [-0.39, 0.29) is 11.9 Å². The standard InChI is InChI=1S/C30H36FN5O3/c31-23-17-34(30(39)33-28(23)37)27-29(38)36(25-11-4-3-10-24(25)32-27)22-15-20-8-5-9-21(16-22)35(20)26-14-18-6-1-2-7-19(26)13-12-18/h3-4,10-11,17-22,26H,1-2,5-9,12-16H2,(H,33,37,39)/t18-,19?,20-,21+,22+,26+/m0/s1. The SMILES string of the molecule is O=c1[nH]c(=O)n(-c2nc3ccccc3n([C@H]3C[C@H]4CCC[C@@H](C3)N4[C@@H]3C[C@H]4CCCCC3CC4)c2=O)cc1F. The summed E-state index contributed by atoms with van der Waals surface area (Å²) in [4.78, 5) is 47.6. The Labute approximate surface area is 225 Å². The van der Waals surface area contributed by atoms with Gasteiger partial charge in [0.15, 0.2) is 0 Å². The van der Waals surface area contributed by atoms with E-state index >= 15 is 0 Å². The second kappa shape index (κ2) is 9.84. The van der Waals surface area contributed by atoms with Crippen molar-refractivity contribution in [1.29, 1.82) is 0 Å². The molecule has 8 nitrogen and oxygen atoms in total. The highest BCUT2D eigenvalue weighted by Crippen LogP contribution is 2.47. The number of hydrogen-bond acceptors (Lipinski definition) is 5. The van der Waals surface area contributed by atoms with Crippen molar-refractivity contribution in [2.75, 3.05) is 0 Å². The first-order valence-electron chi connectivity index (χ1n) is 14.8. The molecule has 0 radical (unpaired) electrons. The zero-order valence-electron chi connectivity index (χ0n) is 22.2. The zero-order chi connectivity index (χ0) is 26.7. The van der Waals surface area contributed by atoms with Crippen molar-refractivity contribution in [3.05, 3.63) is 67.5 Å². The number of fused-ring (bicyclic) bond motifs is 9. The van der Waals surface area contributed by atoms with Gasteiger partial charge in [-0.05, 0) is 68.9 Å². The lowest BCUT2D eigenvalue weighted by molar-refractivity contribution is -0.0603.